The van der Waals surface area contributed by atoms with Crippen molar-refractivity contribution in [2.45, 2.75) is 26.4 Å². The zero-order chi connectivity index (χ0) is 15.2. The van der Waals surface area contributed by atoms with E-state index in [2.05, 4.69) is 41.0 Å². The van der Waals surface area contributed by atoms with Gasteiger partial charge in [0.25, 0.3) is 0 Å². The van der Waals surface area contributed by atoms with E-state index in [0.717, 1.165) is 5.69 Å². The summed E-state index contributed by atoms with van der Waals surface area (Å²) in [5, 5.41) is 3.44. The summed E-state index contributed by atoms with van der Waals surface area (Å²) in [6.45, 7) is 4.89. The van der Waals surface area contributed by atoms with Crippen molar-refractivity contribution >= 4 is 5.97 Å². The Balaban J connectivity index is 1.97. The van der Waals surface area contributed by atoms with Crippen molar-refractivity contribution < 1.29 is 9.53 Å². The summed E-state index contributed by atoms with van der Waals surface area (Å²) in [7, 11) is 1.36. The Kier molecular flexibility index (Phi) is 5.06. The fourth-order valence-corrected chi connectivity index (χ4v) is 2.21. The maximum atomic E-state index is 11.3. The van der Waals surface area contributed by atoms with Gasteiger partial charge in [0, 0.05) is 18.8 Å². The second-order valence-corrected chi connectivity index (χ2v) is 4.99. The molecule has 21 heavy (non-hydrogen) atoms. The maximum Gasteiger partial charge on any atom is 0.339 e. The van der Waals surface area contributed by atoms with Crippen molar-refractivity contribution in [1.82, 2.24) is 10.3 Å². The Morgan fingerprint density at radius 1 is 1.29 bits per heavy atom. The molecule has 0 fully saturated rings. The topological polar surface area (TPSA) is 51.2 Å². The van der Waals surface area contributed by atoms with E-state index in [-0.39, 0.29) is 12.0 Å². The highest BCUT2D eigenvalue weighted by molar-refractivity contribution is 5.88. The molecule has 1 N–H and O–H groups in total. The van der Waals surface area contributed by atoms with Crippen LogP contribution in [-0.2, 0) is 11.3 Å². The first-order valence-electron chi connectivity index (χ1n) is 6.94. The minimum absolute atomic E-state index is 0.244. The number of rotatable bonds is 5. The predicted octanol–water partition coefficient (Wildman–Crippen LogP) is 3.03. The fraction of sp³-hybridized carbons (Fsp3) is 0.294. The molecule has 0 amide bonds. The summed E-state index contributed by atoms with van der Waals surface area (Å²) >= 11 is 0. The molecule has 0 aliphatic heterocycles. The quantitative estimate of drug-likeness (QED) is 0.857. The van der Waals surface area contributed by atoms with Crippen molar-refractivity contribution in [1.29, 1.82) is 0 Å². The molecular weight excluding hydrogens is 264 g/mol. The van der Waals surface area contributed by atoms with Crippen LogP contribution >= 0.6 is 0 Å². The number of hydrogen-bond acceptors (Lipinski definition) is 4. The van der Waals surface area contributed by atoms with Crippen LogP contribution in [0, 0.1) is 6.92 Å². The van der Waals surface area contributed by atoms with E-state index in [1.54, 1.807) is 12.3 Å². The molecule has 4 nitrogen and oxygen atoms in total. The number of nitrogens with one attached hydrogen (secondary N) is 1. The van der Waals surface area contributed by atoms with Gasteiger partial charge in [0.2, 0.25) is 0 Å². The minimum atomic E-state index is -0.365. The molecule has 0 spiro atoms. The number of nitrogens with zero attached hydrogens (tertiary/aromatic N) is 1. The van der Waals surface area contributed by atoms with Gasteiger partial charge in [0.05, 0.1) is 18.4 Å². The lowest BCUT2D eigenvalue weighted by Gasteiger charge is -2.16. The highest BCUT2D eigenvalue weighted by Crippen LogP contribution is 2.17. The van der Waals surface area contributed by atoms with E-state index in [4.69, 9.17) is 0 Å². The van der Waals surface area contributed by atoms with Gasteiger partial charge in [-0.1, -0.05) is 24.3 Å². The van der Waals surface area contributed by atoms with Gasteiger partial charge in [-0.05, 0) is 37.1 Å². The lowest BCUT2D eigenvalue weighted by Crippen LogP contribution is -2.19. The number of ether oxygens (including phenoxy) is 1. The molecule has 0 aliphatic rings. The summed E-state index contributed by atoms with van der Waals surface area (Å²) in [4.78, 5) is 15.6. The lowest BCUT2D eigenvalue weighted by molar-refractivity contribution is 0.0600. The number of aromatic nitrogens is 1. The Morgan fingerprint density at radius 2 is 2.05 bits per heavy atom. The largest absolute Gasteiger partial charge is 0.465 e. The highest BCUT2D eigenvalue weighted by Gasteiger charge is 2.09. The van der Waals surface area contributed by atoms with Crippen molar-refractivity contribution in [3.63, 3.8) is 0 Å². The van der Waals surface area contributed by atoms with E-state index < -0.39 is 0 Å². The van der Waals surface area contributed by atoms with Crippen LogP contribution in [0.1, 0.15) is 40.1 Å². The Morgan fingerprint density at radius 3 is 2.67 bits per heavy atom. The Bertz CT molecular complexity index is 608. The molecule has 2 aromatic rings. The number of carbonyl (C=O) groups excluding carboxylic acids is 1. The van der Waals surface area contributed by atoms with Crippen LogP contribution in [0.4, 0.5) is 0 Å². The minimum Gasteiger partial charge on any atom is -0.465 e. The summed E-state index contributed by atoms with van der Waals surface area (Å²) in [6, 6.07) is 12.1. The van der Waals surface area contributed by atoms with Crippen LogP contribution in [0.15, 0.2) is 42.6 Å². The van der Waals surface area contributed by atoms with Crippen LogP contribution in [0.2, 0.25) is 0 Å². The van der Waals surface area contributed by atoms with E-state index in [0.29, 0.717) is 12.1 Å². The van der Waals surface area contributed by atoms with Crippen LogP contribution in [0.25, 0.3) is 0 Å². The molecule has 0 radical (unpaired) electrons. The number of esters is 1. The SMILES string of the molecule is COC(=O)c1ccc(CNC(C)c2ccccc2C)nc1. The first-order chi connectivity index (χ1) is 10.1. The van der Waals surface area contributed by atoms with Crippen molar-refractivity contribution in [3.8, 4) is 0 Å². The molecule has 0 saturated carbocycles. The number of aryl methyl sites for hydroxylation is 1. The normalized spacial score (nSPS) is 12.0. The van der Waals surface area contributed by atoms with Gasteiger partial charge in [-0.15, -0.1) is 0 Å². The average Bonchev–Trinajstić information content (AvgIpc) is 2.52. The van der Waals surface area contributed by atoms with Gasteiger partial charge < -0.3 is 10.1 Å². The first kappa shape index (κ1) is 15.2. The van der Waals surface area contributed by atoms with Crippen LogP contribution in [0.3, 0.4) is 0 Å². The second-order valence-electron chi connectivity index (χ2n) is 4.99. The lowest BCUT2D eigenvalue weighted by atomic mass is 10.0. The third-order valence-corrected chi connectivity index (χ3v) is 3.49. The summed E-state index contributed by atoms with van der Waals surface area (Å²) < 4.78 is 4.65. The van der Waals surface area contributed by atoms with E-state index in [1.807, 2.05) is 18.2 Å². The number of hydrogen-bond donors (Lipinski definition) is 1. The number of carbonyl (C=O) groups is 1. The molecule has 1 aromatic carbocycles. The maximum absolute atomic E-state index is 11.3. The Hall–Kier alpha value is -2.20. The van der Waals surface area contributed by atoms with Gasteiger partial charge in [-0.3, -0.25) is 4.98 Å². The van der Waals surface area contributed by atoms with Gasteiger partial charge in [-0.2, -0.15) is 0 Å². The van der Waals surface area contributed by atoms with Crippen LogP contribution < -0.4 is 5.32 Å². The summed E-state index contributed by atoms with van der Waals surface area (Å²) in [6.07, 6.45) is 1.54. The standard InChI is InChI=1S/C17H20N2O2/c1-12-6-4-5-7-16(12)13(2)18-11-15-9-8-14(10-19-15)17(20)21-3/h4-10,13,18H,11H2,1-3H3. The fourth-order valence-electron chi connectivity index (χ4n) is 2.21. The molecule has 1 heterocycles. The third-order valence-electron chi connectivity index (χ3n) is 3.49. The molecule has 1 aromatic heterocycles. The smallest absolute Gasteiger partial charge is 0.339 e. The monoisotopic (exact) mass is 284 g/mol. The van der Waals surface area contributed by atoms with Crippen LogP contribution in [-0.4, -0.2) is 18.1 Å². The number of benzene rings is 1. The zero-order valence-corrected chi connectivity index (χ0v) is 12.6. The van der Waals surface area contributed by atoms with Gasteiger partial charge in [0.1, 0.15) is 0 Å². The van der Waals surface area contributed by atoms with E-state index >= 15 is 0 Å². The zero-order valence-electron chi connectivity index (χ0n) is 12.6. The highest BCUT2D eigenvalue weighted by atomic mass is 16.5. The van der Waals surface area contributed by atoms with E-state index in [1.165, 1.54) is 18.2 Å². The van der Waals surface area contributed by atoms with Gasteiger partial charge in [-0.25, -0.2) is 4.79 Å². The number of methoxy groups -OCH3 is 1. The van der Waals surface area contributed by atoms with Crippen molar-refractivity contribution in [2.24, 2.45) is 0 Å². The predicted molar refractivity (Wildman–Crippen MR) is 82.0 cm³/mol. The van der Waals surface area contributed by atoms with Crippen molar-refractivity contribution in [3.05, 3.63) is 65.0 Å². The molecule has 0 bridgehead atoms. The van der Waals surface area contributed by atoms with E-state index in [9.17, 15) is 4.79 Å². The van der Waals surface area contributed by atoms with Gasteiger partial charge in [0.15, 0.2) is 0 Å². The molecule has 0 aliphatic carbocycles. The molecular formula is C17H20N2O2. The first-order valence-corrected chi connectivity index (χ1v) is 6.94. The second kappa shape index (κ2) is 6.99. The Labute approximate surface area is 125 Å². The summed E-state index contributed by atoms with van der Waals surface area (Å²) in [5.74, 6) is -0.365. The molecule has 1 atom stereocenters. The molecule has 4 heteroatoms. The summed E-state index contributed by atoms with van der Waals surface area (Å²) in [5.41, 5.74) is 3.91. The molecule has 2 rings (SSSR count). The average molecular weight is 284 g/mol. The van der Waals surface area contributed by atoms with Crippen molar-refractivity contribution in [2.75, 3.05) is 7.11 Å². The molecule has 110 valence electrons. The molecule has 1 unspecified atom stereocenters. The molecule has 0 saturated heterocycles. The number of pyridine rings is 1. The van der Waals surface area contributed by atoms with Gasteiger partial charge >= 0.3 is 5.97 Å². The van der Waals surface area contributed by atoms with Crippen LogP contribution in [0.5, 0.6) is 0 Å². The third kappa shape index (κ3) is 3.89.